The molecular formula is C6H11BO2. The smallest absolute Gasteiger partial charge is 0.427 e. The van der Waals surface area contributed by atoms with Crippen LogP contribution in [-0.2, 0) is 0 Å². The summed E-state index contributed by atoms with van der Waals surface area (Å²) in [6.07, 6.45) is 6.97. The Bertz CT molecular complexity index is 112. The topological polar surface area (TPSA) is 40.5 Å². The Kier molecular flexibility index (Phi) is 2.31. The Morgan fingerprint density at radius 3 is 2.56 bits per heavy atom. The van der Waals surface area contributed by atoms with Gasteiger partial charge in [-0.1, -0.05) is 12.2 Å². The summed E-state index contributed by atoms with van der Waals surface area (Å²) in [5.74, 6) is -0.0150. The molecule has 0 radical (unpaired) electrons. The maximum atomic E-state index is 8.68. The van der Waals surface area contributed by atoms with Gasteiger partial charge >= 0.3 is 7.12 Å². The first-order valence-corrected chi connectivity index (χ1v) is 3.33. The normalized spacial score (nSPS) is 26.2. The Labute approximate surface area is 55.3 Å². The molecular weight excluding hydrogens is 115 g/mol. The van der Waals surface area contributed by atoms with Crippen molar-refractivity contribution in [2.24, 2.45) is 0 Å². The van der Waals surface area contributed by atoms with Gasteiger partial charge in [0.25, 0.3) is 0 Å². The monoisotopic (exact) mass is 126 g/mol. The number of hydrogen-bond acceptors (Lipinski definition) is 2. The van der Waals surface area contributed by atoms with Crippen molar-refractivity contribution in [3.05, 3.63) is 12.2 Å². The van der Waals surface area contributed by atoms with Crippen LogP contribution in [0, 0.1) is 0 Å². The fourth-order valence-electron chi connectivity index (χ4n) is 1.09. The van der Waals surface area contributed by atoms with E-state index in [1.165, 1.54) is 0 Å². The lowest BCUT2D eigenvalue weighted by atomic mass is 9.68. The van der Waals surface area contributed by atoms with Crippen molar-refractivity contribution >= 4 is 7.12 Å². The molecule has 0 aromatic carbocycles. The number of rotatable bonds is 1. The maximum absolute atomic E-state index is 8.68. The summed E-state index contributed by atoms with van der Waals surface area (Å²) in [6, 6.07) is 0. The highest BCUT2D eigenvalue weighted by Gasteiger charge is 2.20. The molecule has 1 aliphatic rings. The first-order chi connectivity index (χ1) is 4.30. The second kappa shape index (κ2) is 3.04. The molecule has 0 amide bonds. The van der Waals surface area contributed by atoms with Gasteiger partial charge in [0.15, 0.2) is 0 Å². The third kappa shape index (κ3) is 1.84. The molecule has 0 spiro atoms. The minimum absolute atomic E-state index is 0.0150. The molecule has 9 heavy (non-hydrogen) atoms. The van der Waals surface area contributed by atoms with Crippen LogP contribution in [0.4, 0.5) is 0 Å². The van der Waals surface area contributed by atoms with Crippen LogP contribution < -0.4 is 0 Å². The van der Waals surface area contributed by atoms with Crippen LogP contribution in [-0.4, -0.2) is 17.2 Å². The van der Waals surface area contributed by atoms with Crippen molar-refractivity contribution in [1.29, 1.82) is 0 Å². The lowest BCUT2D eigenvalue weighted by molar-refractivity contribution is 0.387. The average Bonchev–Trinajstić information content (AvgIpc) is 1.90. The third-order valence-corrected chi connectivity index (χ3v) is 1.67. The summed E-state index contributed by atoms with van der Waals surface area (Å²) in [4.78, 5) is 0. The van der Waals surface area contributed by atoms with Gasteiger partial charge in [0.05, 0.1) is 0 Å². The van der Waals surface area contributed by atoms with Gasteiger partial charge in [0, 0.05) is 5.82 Å². The summed E-state index contributed by atoms with van der Waals surface area (Å²) in [5.41, 5.74) is 0. The summed E-state index contributed by atoms with van der Waals surface area (Å²) < 4.78 is 0. The van der Waals surface area contributed by atoms with Crippen molar-refractivity contribution in [3.63, 3.8) is 0 Å². The van der Waals surface area contributed by atoms with Crippen molar-refractivity contribution in [2.75, 3.05) is 0 Å². The average molecular weight is 126 g/mol. The quantitative estimate of drug-likeness (QED) is 0.398. The van der Waals surface area contributed by atoms with Crippen LogP contribution in [0.3, 0.4) is 0 Å². The molecule has 0 fully saturated rings. The van der Waals surface area contributed by atoms with E-state index in [0.717, 1.165) is 19.3 Å². The van der Waals surface area contributed by atoms with Crippen LogP contribution in [0.5, 0.6) is 0 Å². The van der Waals surface area contributed by atoms with E-state index in [-0.39, 0.29) is 5.82 Å². The summed E-state index contributed by atoms with van der Waals surface area (Å²) in [6.45, 7) is 0. The van der Waals surface area contributed by atoms with E-state index >= 15 is 0 Å². The molecule has 2 N–H and O–H groups in total. The van der Waals surface area contributed by atoms with E-state index in [4.69, 9.17) is 10.0 Å². The molecule has 0 aromatic rings. The summed E-state index contributed by atoms with van der Waals surface area (Å²) in [7, 11) is -1.15. The molecule has 50 valence electrons. The zero-order valence-electron chi connectivity index (χ0n) is 5.33. The highest BCUT2D eigenvalue weighted by molar-refractivity contribution is 6.43. The number of hydrogen-bond donors (Lipinski definition) is 2. The second-order valence-electron chi connectivity index (χ2n) is 2.44. The van der Waals surface area contributed by atoms with E-state index in [9.17, 15) is 0 Å². The molecule has 1 atom stereocenters. The minimum Gasteiger partial charge on any atom is -0.427 e. The van der Waals surface area contributed by atoms with Crippen molar-refractivity contribution in [2.45, 2.75) is 25.1 Å². The van der Waals surface area contributed by atoms with E-state index < -0.39 is 7.12 Å². The van der Waals surface area contributed by atoms with E-state index in [1.807, 2.05) is 12.2 Å². The molecule has 0 aromatic heterocycles. The predicted molar refractivity (Wildman–Crippen MR) is 36.9 cm³/mol. The zero-order chi connectivity index (χ0) is 6.69. The molecule has 0 unspecified atom stereocenters. The molecule has 0 aliphatic heterocycles. The van der Waals surface area contributed by atoms with Gasteiger partial charge in [-0.25, -0.2) is 0 Å². The van der Waals surface area contributed by atoms with Gasteiger partial charge in [0.2, 0.25) is 0 Å². The molecule has 1 aliphatic carbocycles. The van der Waals surface area contributed by atoms with Crippen LogP contribution in [0.15, 0.2) is 12.2 Å². The van der Waals surface area contributed by atoms with Crippen LogP contribution in [0.1, 0.15) is 19.3 Å². The molecule has 0 saturated carbocycles. The largest absolute Gasteiger partial charge is 0.458 e. The number of allylic oxidation sites excluding steroid dienone is 2. The fourth-order valence-corrected chi connectivity index (χ4v) is 1.09. The predicted octanol–water partition coefficient (Wildman–Crippen LogP) is 0.570. The van der Waals surface area contributed by atoms with E-state index in [2.05, 4.69) is 0 Å². The summed E-state index contributed by atoms with van der Waals surface area (Å²) >= 11 is 0. The molecule has 3 heteroatoms. The first-order valence-electron chi connectivity index (χ1n) is 3.33. The molecule has 0 heterocycles. The van der Waals surface area contributed by atoms with Gasteiger partial charge in [-0.15, -0.1) is 0 Å². The first kappa shape index (κ1) is 6.84. The Hall–Kier alpha value is -0.275. The Morgan fingerprint density at radius 2 is 2.22 bits per heavy atom. The van der Waals surface area contributed by atoms with Crippen molar-refractivity contribution < 1.29 is 10.0 Å². The standard InChI is InChI=1S/C6H11BO2/c8-7(9)6-4-2-1-3-5-6/h2,4,6,8-9H,1,3,5H2/t6-/m0/s1. The third-order valence-electron chi connectivity index (χ3n) is 1.67. The highest BCUT2D eigenvalue weighted by atomic mass is 16.4. The molecule has 1 rings (SSSR count). The molecule has 0 saturated heterocycles. The van der Waals surface area contributed by atoms with Crippen LogP contribution in [0.25, 0.3) is 0 Å². The van der Waals surface area contributed by atoms with Gasteiger partial charge in [-0.2, -0.15) is 0 Å². The maximum Gasteiger partial charge on any atom is 0.458 e. The van der Waals surface area contributed by atoms with Crippen molar-refractivity contribution in [3.8, 4) is 0 Å². The van der Waals surface area contributed by atoms with Gasteiger partial charge < -0.3 is 10.0 Å². The van der Waals surface area contributed by atoms with Gasteiger partial charge in [-0.3, -0.25) is 0 Å². The lowest BCUT2D eigenvalue weighted by Crippen LogP contribution is -2.19. The van der Waals surface area contributed by atoms with E-state index in [0.29, 0.717) is 0 Å². The van der Waals surface area contributed by atoms with E-state index in [1.54, 1.807) is 0 Å². The molecule has 0 bridgehead atoms. The highest BCUT2D eigenvalue weighted by Crippen LogP contribution is 2.22. The van der Waals surface area contributed by atoms with Crippen molar-refractivity contribution in [1.82, 2.24) is 0 Å². The molecule has 2 nitrogen and oxygen atoms in total. The summed E-state index contributed by atoms with van der Waals surface area (Å²) in [5, 5.41) is 17.4. The zero-order valence-corrected chi connectivity index (χ0v) is 5.33. The lowest BCUT2D eigenvalue weighted by Gasteiger charge is -2.13. The Balaban J connectivity index is 2.40. The minimum atomic E-state index is -1.15. The van der Waals surface area contributed by atoms with Crippen LogP contribution >= 0.6 is 0 Å². The SMILES string of the molecule is OB(O)[C@H]1C=CCCC1. The van der Waals surface area contributed by atoms with Gasteiger partial charge in [-0.05, 0) is 19.3 Å². The van der Waals surface area contributed by atoms with Crippen LogP contribution in [0.2, 0.25) is 5.82 Å². The second-order valence-corrected chi connectivity index (χ2v) is 2.44. The van der Waals surface area contributed by atoms with Gasteiger partial charge in [0.1, 0.15) is 0 Å². The Morgan fingerprint density at radius 1 is 1.44 bits per heavy atom. The fraction of sp³-hybridized carbons (Fsp3) is 0.667.